The molecule has 5 heteroatoms. The molecule has 1 unspecified atom stereocenters. The molecule has 5 nitrogen and oxygen atoms in total. The van der Waals surface area contributed by atoms with Crippen LogP contribution in [0.3, 0.4) is 0 Å². The average molecular weight is 249 g/mol. The van der Waals surface area contributed by atoms with Gasteiger partial charge in [-0.1, -0.05) is 18.2 Å². The van der Waals surface area contributed by atoms with Gasteiger partial charge in [0.1, 0.15) is 0 Å². The van der Waals surface area contributed by atoms with Gasteiger partial charge in [0, 0.05) is 31.1 Å². The molecule has 1 rings (SSSR count). The van der Waals surface area contributed by atoms with Crippen LogP contribution in [0.4, 0.5) is 5.69 Å². The van der Waals surface area contributed by atoms with E-state index in [0.29, 0.717) is 6.54 Å². The van der Waals surface area contributed by atoms with Crippen molar-refractivity contribution in [2.75, 3.05) is 11.9 Å². The summed E-state index contributed by atoms with van der Waals surface area (Å²) in [4.78, 5) is 22.8. The molecule has 0 aromatic heterocycles. The van der Waals surface area contributed by atoms with Crippen LogP contribution in [-0.4, -0.2) is 24.4 Å². The second kappa shape index (κ2) is 7.45. The molecule has 1 aromatic carbocycles. The molecule has 2 amide bonds. The molecule has 1 atom stereocenters. The first-order chi connectivity index (χ1) is 8.58. The van der Waals surface area contributed by atoms with Crippen LogP contribution in [0.2, 0.25) is 0 Å². The van der Waals surface area contributed by atoms with E-state index in [-0.39, 0.29) is 30.7 Å². The molecule has 4 N–H and O–H groups in total. The summed E-state index contributed by atoms with van der Waals surface area (Å²) >= 11 is 0. The van der Waals surface area contributed by atoms with E-state index in [2.05, 4.69) is 10.6 Å². The Hall–Kier alpha value is -1.88. The predicted octanol–water partition coefficient (Wildman–Crippen LogP) is 0.869. The van der Waals surface area contributed by atoms with Gasteiger partial charge in [0.15, 0.2) is 0 Å². The lowest BCUT2D eigenvalue weighted by atomic mass is 10.2. The van der Waals surface area contributed by atoms with Crippen molar-refractivity contribution in [2.24, 2.45) is 5.73 Å². The van der Waals surface area contributed by atoms with Crippen molar-refractivity contribution in [3.63, 3.8) is 0 Å². The number of anilines is 1. The normalized spacial score (nSPS) is 11.7. The summed E-state index contributed by atoms with van der Waals surface area (Å²) in [5, 5.41) is 5.39. The van der Waals surface area contributed by atoms with E-state index in [0.717, 1.165) is 5.69 Å². The van der Waals surface area contributed by atoms with Gasteiger partial charge in [-0.2, -0.15) is 0 Å². The summed E-state index contributed by atoms with van der Waals surface area (Å²) in [6, 6.07) is 9.03. The van der Waals surface area contributed by atoms with E-state index >= 15 is 0 Å². The molecule has 0 heterocycles. The van der Waals surface area contributed by atoms with E-state index in [1.807, 2.05) is 30.3 Å². The number of carbonyl (C=O) groups is 2. The van der Waals surface area contributed by atoms with E-state index in [4.69, 9.17) is 5.73 Å². The maximum atomic E-state index is 11.5. The van der Waals surface area contributed by atoms with Gasteiger partial charge in [-0.3, -0.25) is 9.59 Å². The lowest BCUT2D eigenvalue weighted by molar-refractivity contribution is -0.121. The number of rotatable bonds is 6. The standard InChI is InChI=1S/C13H19N3O2/c1-10(14)9-13(18)15-8-7-12(17)16-11-5-3-2-4-6-11/h2-6,10H,7-9,14H2,1H3,(H,15,18)(H,16,17). The fourth-order valence-electron chi connectivity index (χ4n) is 1.43. The van der Waals surface area contributed by atoms with Gasteiger partial charge in [0.05, 0.1) is 0 Å². The first kappa shape index (κ1) is 14.2. The lowest BCUT2D eigenvalue weighted by Gasteiger charge is -2.07. The highest BCUT2D eigenvalue weighted by Crippen LogP contribution is 2.04. The number of carbonyl (C=O) groups excluding carboxylic acids is 2. The average Bonchev–Trinajstić information content (AvgIpc) is 2.29. The summed E-state index contributed by atoms with van der Waals surface area (Å²) in [6.45, 7) is 2.09. The molecular weight excluding hydrogens is 230 g/mol. The minimum Gasteiger partial charge on any atom is -0.356 e. The molecule has 0 fully saturated rings. The molecule has 0 saturated carbocycles. The number of nitrogens with one attached hydrogen (secondary N) is 2. The van der Waals surface area contributed by atoms with Gasteiger partial charge in [-0.15, -0.1) is 0 Å². The Morgan fingerprint density at radius 1 is 1.22 bits per heavy atom. The number of nitrogens with two attached hydrogens (primary N) is 1. The summed E-state index contributed by atoms with van der Waals surface area (Å²) in [7, 11) is 0. The third-order valence-electron chi connectivity index (χ3n) is 2.24. The summed E-state index contributed by atoms with van der Waals surface area (Å²) in [5.74, 6) is -0.250. The number of para-hydroxylation sites is 1. The number of amides is 2. The number of hydrogen-bond donors (Lipinski definition) is 3. The highest BCUT2D eigenvalue weighted by molar-refractivity contribution is 5.91. The largest absolute Gasteiger partial charge is 0.356 e. The summed E-state index contributed by atoms with van der Waals surface area (Å²) < 4.78 is 0. The second-order valence-corrected chi connectivity index (χ2v) is 4.20. The van der Waals surface area contributed by atoms with Gasteiger partial charge in [-0.05, 0) is 19.1 Å². The Morgan fingerprint density at radius 3 is 2.50 bits per heavy atom. The van der Waals surface area contributed by atoms with Crippen molar-refractivity contribution >= 4 is 17.5 Å². The van der Waals surface area contributed by atoms with Gasteiger partial charge in [0.2, 0.25) is 11.8 Å². The first-order valence-electron chi connectivity index (χ1n) is 5.95. The first-order valence-corrected chi connectivity index (χ1v) is 5.95. The van der Waals surface area contributed by atoms with Crippen LogP contribution in [0.5, 0.6) is 0 Å². The zero-order chi connectivity index (χ0) is 13.4. The molecular formula is C13H19N3O2. The molecule has 0 saturated heterocycles. The van der Waals surface area contributed by atoms with Crippen molar-refractivity contribution in [1.29, 1.82) is 0 Å². The Bertz CT molecular complexity index is 390. The minimum absolute atomic E-state index is 0.123. The molecule has 0 aliphatic rings. The van der Waals surface area contributed by atoms with Crippen LogP contribution in [0.25, 0.3) is 0 Å². The van der Waals surface area contributed by atoms with Crippen molar-refractivity contribution in [3.8, 4) is 0 Å². The van der Waals surface area contributed by atoms with E-state index in [9.17, 15) is 9.59 Å². The number of hydrogen-bond acceptors (Lipinski definition) is 3. The van der Waals surface area contributed by atoms with E-state index in [1.165, 1.54) is 0 Å². The van der Waals surface area contributed by atoms with Crippen LogP contribution in [0.1, 0.15) is 19.8 Å². The van der Waals surface area contributed by atoms with Gasteiger partial charge < -0.3 is 16.4 Å². The van der Waals surface area contributed by atoms with Crippen LogP contribution in [0, 0.1) is 0 Å². The van der Waals surface area contributed by atoms with Crippen molar-refractivity contribution in [2.45, 2.75) is 25.8 Å². The Morgan fingerprint density at radius 2 is 1.89 bits per heavy atom. The highest BCUT2D eigenvalue weighted by atomic mass is 16.2. The van der Waals surface area contributed by atoms with Gasteiger partial charge in [-0.25, -0.2) is 0 Å². The zero-order valence-corrected chi connectivity index (χ0v) is 10.5. The van der Waals surface area contributed by atoms with Crippen LogP contribution in [-0.2, 0) is 9.59 Å². The Kier molecular flexibility index (Phi) is 5.87. The predicted molar refractivity (Wildman–Crippen MR) is 71.0 cm³/mol. The van der Waals surface area contributed by atoms with Crippen molar-refractivity contribution in [1.82, 2.24) is 5.32 Å². The van der Waals surface area contributed by atoms with Crippen LogP contribution < -0.4 is 16.4 Å². The van der Waals surface area contributed by atoms with E-state index < -0.39 is 0 Å². The fraction of sp³-hybridized carbons (Fsp3) is 0.385. The SMILES string of the molecule is CC(N)CC(=O)NCCC(=O)Nc1ccccc1. The zero-order valence-electron chi connectivity index (χ0n) is 10.5. The third kappa shape index (κ3) is 6.00. The molecule has 18 heavy (non-hydrogen) atoms. The third-order valence-corrected chi connectivity index (χ3v) is 2.24. The molecule has 0 radical (unpaired) electrons. The molecule has 0 spiro atoms. The molecule has 0 aliphatic heterocycles. The summed E-state index contributed by atoms with van der Waals surface area (Å²) in [6.07, 6.45) is 0.528. The molecule has 0 bridgehead atoms. The Labute approximate surface area is 107 Å². The maximum Gasteiger partial charge on any atom is 0.226 e. The highest BCUT2D eigenvalue weighted by Gasteiger charge is 2.06. The molecule has 0 aliphatic carbocycles. The minimum atomic E-state index is -0.164. The van der Waals surface area contributed by atoms with Gasteiger partial charge >= 0.3 is 0 Å². The second-order valence-electron chi connectivity index (χ2n) is 4.20. The topological polar surface area (TPSA) is 84.2 Å². The van der Waals surface area contributed by atoms with E-state index in [1.54, 1.807) is 6.92 Å². The van der Waals surface area contributed by atoms with Crippen molar-refractivity contribution < 1.29 is 9.59 Å². The summed E-state index contributed by atoms with van der Waals surface area (Å²) in [5.41, 5.74) is 6.24. The lowest BCUT2D eigenvalue weighted by Crippen LogP contribution is -2.32. The smallest absolute Gasteiger partial charge is 0.226 e. The monoisotopic (exact) mass is 249 g/mol. The van der Waals surface area contributed by atoms with Crippen LogP contribution in [0.15, 0.2) is 30.3 Å². The van der Waals surface area contributed by atoms with Gasteiger partial charge in [0.25, 0.3) is 0 Å². The quantitative estimate of drug-likeness (QED) is 0.699. The van der Waals surface area contributed by atoms with Crippen molar-refractivity contribution in [3.05, 3.63) is 30.3 Å². The van der Waals surface area contributed by atoms with Crippen LogP contribution >= 0.6 is 0 Å². The maximum absolute atomic E-state index is 11.5. The fourth-order valence-corrected chi connectivity index (χ4v) is 1.43. The Balaban J connectivity index is 2.20. The molecule has 1 aromatic rings. The number of benzene rings is 1. The molecule has 98 valence electrons.